The van der Waals surface area contributed by atoms with Gasteiger partial charge in [-0.3, -0.25) is 9.69 Å². The van der Waals surface area contributed by atoms with E-state index in [0.717, 1.165) is 21.2 Å². The van der Waals surface area contributed by atoms with Gasteiger partial charge in [0.05, 0.1) is 11.4 Å². The Kier molecular flexibility index (Phi) is 4.01. The lowest BCUT2D eigenvalue weighted by Crippen LogP contribution is -2.28. The highest BCUT2D eigenvalue weighted by molar-refractivity contribution is 7.99. The van der Waals surface area contributed by atoms with Crippen LogP contribution in [0.2, 0.25) is 10.0 Å². The Labute approximate surface area is 154 Å². The van der Waals surface area contributed by atoms with E-state index in [-0.39, 0.29) is 5.91 Å². The molecule has 1 heterocycles. The number of nitrogens with zero attached hydrogens (tertiary/aromatic N) is 1. The highest BCUT2D eigenvalue weighted by Gasteiger charge is 2.29. The Hall–Kier alpha value is -1.94. The molecule has 2 nitrogen and oxygen atoms in total. The van der Waals surface area contributed by atoms with Crippen LogP contribution in [0.3, 0.4) is 0 Å². The molecule has 0 fully saturated rings. The first-order chi connectivity index (χ1) is 11.6. The van der Waals surface area contributed by atoms with E-state index in [1.54, 1.807) is 40.9 Å². The van der Waals surface area contributed by atoms with Crippen molar-refractivity contribution in [3.63, 3.8) is 0 Å². The molecule has 5 heteroatoms. The molecule has 0 radical (unpaired) electrons. The van der Waals surface area contributed by atoms with Gasteiger partial charge in [-0.1, -0.05) is 47.1 Å². The van der Waals surface area contributed by atoms with E-state index in [4.69, 9.17) is 23.2 Å². The maximum absolute atomic E-state index is 13.2. The largest absolute Gasteiger partial charge is 0.275 e. The average molecular weight is 372 g/mol. The number of rotatable bonds is 1. The number of hydrogen-bond donors (Lipinski definition) is 0. The zero-order valence-electron chi connectivity index (χ0n) is 12.4. The van der Waals surface area contributed by atoms with Crippen LogP contribution in [0.5, 0.6) is 0 Å². The SMILES string of the molecule is O=C(c1ccc(Cl)cc1)N1c2ccccc2Sc2ccc(Cl)cc21. The van der Waals surface area contributed by atoms with Crippen LogP contribution in [0.4, 0.5) is 11.4 Å². The molecule has 0 N–H and O–H groups in total. The fourth-order valence-corrected chi connectivity index (χ4v) is 4.00. The minimum atomic E-state index is -0.108. The van der Waals surface area contributed by atoms with Crippen molar-refractivity contribution in [2.24, 2.45) is 0 Å². The van der Waals surface area contributed by atoms with Crippen molar-refractivity contribution in [2.75, 3.05) is 4.90 Å². The zero-order valence-corrected chi connectivity index (χ0v) is 14.7. The van der Waals surface area contributed by atoms with Gasteiger partial charge in [0.1, 0.15) is 0 Å². The topological polar surface area (TPSA) is 20.3 Å². The molecule has 0 spiro atoms. The molecule has 0 atom stereocenters. The van der Waals surface area contributed by atoms with Crippen LogP contribution in [-0.4, -0.2) is 5.91 Å². The Bertz CT molecular complexity index is 940. The Balaban J connectivity index is 1.89. The number of para-hydroxylation sites is 1. The third-order valence-corrected chi connectivity index (χ3v) is 5.40. The highest BCUT2D eigenvalue weighted by atomic mass is 35.5. The van der Waals surface area contributed by atoms with Crippen molar-refractivity contribution in [3.05, 3.63) is 82.3 Å². The number of amides is 1. The summed E-state index contributed by atoms with van der Waals surface area (Å²) in [5.74, 6) is -0.108. The van der Waals surface area contributed by atoms with Gasteiger partial charge >= 0.3 is 0 Å². The fraction of sp³-hybridized carbons (Fsp3) is 0. The molecular formula is C19H11Cl2NOS. The van der Waals surface area contributed by atoms with Gasteiger partial charge in [-0.15, -0.1) is 0 Å². The average Bonchev–Trinajstić information content (AvgIpc) is 2.60. The van der Waals surface area contributed by atoms with E-state index < -0.39 is 0 Å². The molecular weight excluding hydrogens is 361 g/mol. The number of hydrogen-bond acceptors (Lipinski definition) is 2. The number of benzene rings is 3. The molecule has 0 saturated heterocycles. The van der Waals surface area contributed by atoms with Crippen LogP contribution < -0.4 is 4.90 Å². The lowest BCUT2D eigenvalue weighted by molar-refractivity contribution is 0.0998. The first-order valence-corrected chi connectivity index (χ1v) is 8.87. The summed E-state index contributed by atoms with van der Waals surface area (Å²) in [6.07, 6.45) is 0. The van der Waals surface area contributed by atoms with Gasteiger partial charge in [0.25, 0.3) is 5.91 Å². The normalized spacial score (nSPS) is 12.5. The van der Waals surface area contributed by atoms with E-state index in [1.165, 1.54) is 0 Å². The van der Waals surface area contributed by atoms with Crippen LogP contribution in [-0.2, 0) is 0 Å². The number of anilines is 2. The van der Waals surface area contributed by atoms with E-state index >= 15 is 0 Å². The van der Waals surface area contributed by atoms with E-state index in [0.29, 0.717) is 15.6 Å². The van der Waals surface area contributed by atoms with Crippen molar-refractivity contribution in [2.45, 2.75) is 9.79 Å². The van der Waals surface area contributed by atoms with Gasteiger partial charge < -0.3 is 0 Å². The predicted octanol–water partition coefficient (Wildman–Crippen LogP) is 6.44. The number of carbonyl (C=O) groups excluding carboxylic acids is 1. The minimum Gasteiger partial charge on any atom is -0.275 e. The smallest absolute Gasteiger partial charge is 0.262 e. The van der Waals surface area contributed by atoms with Crippen molar-refractivity contribution >= 4 is 52.2 Å². The molecule has 3 aromatic rings. The third kappa shape index (κ3) is 2.69. The first-order valence-electron chi connectivity index (χ1n) is 7.30. The maximum Gasteiger partial charge on any atom is 0.262 e. The lowest BCUT2D eigenvalue weighted by atomic mass is 10.1. The summed E-state index contributed by atoms with van der Waals surface area (Å²) in [7, 11) is 0. The van der Waals surface area contributed by atoms with Crippen molar-refractivity contribution in [3.8, 4) is 0 Å². The van der Waals surface area contributed by atoms with Crippen LogP contribution in [0.15, 0.2) is 76.5 Å². The summed E-state index contributed by atoms with van der Waals surface area (Å²) in [5.41, 5.74) is 2.23. The second kappa shape index (κ2) is 6.17. The van der Waals surface area contributed by atoms with Crippen LogP contribution in [0.1, 0.15) is 10.4 Å². The molecule has 3 aromatic carbocycles. The van der Waals surface area contributed by atoms with Gasteiger partial charge in [0, 0.05) is 25.4 Å². The second-order valence-electron chi connectivity index (χ2n) is 5.33. The second-order valence-corrected chi connectivity index (χ2v) is 7.29. The molecule has 24 heavy (non-hydrogen) atoms. The van der Waals surface area contributed by atoms with Crippen LogP contribution in [0.25, 0.3) is 0 Å². The molecule has 0 bridgehead atoms. The predicted molar refractivity (Wildman–Crippen MR) is 99.9 cm³/mol. The summed E-state index contributed by atoms with van der Waals surface area (Å²) in [4.78, 5) is 16.9. The molecule has 0 aliphatic carbocycles. The quantitative estimate of drug-likeness (QED) is 0.490. The number of halogens is 2. The molecule has 4 rings (SSSR count). The van der Waals surface area contributed by atoms with Crippen molar-refractivity contribution in [1.82, 2.24) is 0 Å². The third-order valence-electron chi connectivity index (χ3n) is 3.78. The number of carbonyl (C=O) groups is 1. The van der Waals surface area contributed by atoms with E-state index in [1.807, 2.05) is 42.5 Å². The van der Waals surface area contributed by atoms with Crippen molar-refractivity contribution < 1.29 is 4.79 Å². The molecule has 1 aliphatic rings. The Morgan fingerprint density at radius 2 is 1.46 bits per heavy atom. The minimum absolute atomic E-state index is 0.108. The molecule has 1 aliphatic heterocycles. The van der Waals surface area contributed by atoms with Crippen LogP contribution in [0, 0.1) is 0 Å². The standard InChI is InChI=1S/C19H11Cl2NOS/c20-13-7-5-12(6-8-13)19(23)22-15-3-1-2-4-17(15)24-18-10-9-14(21)11-16(18)22/h1-11H. The van der Waals surface area contributed by atoms with Gasteiger partial charge in [0.2, 0.25) is 0 Å². The Morgan fingerprint density at radius 3 is 2.25 bits per heavy atom. The van der Waals surface area contributed by atoms with Crippen LogP contribution >= 0.6 is 35.0 Å². The maximum atomic E-state index is 13.2. The number of fused-ring (bicyclic) bond motifs is 2. The van der Waals surface area contributed by atoms with Gasteiger partial charge in [-0.05, 0) is 54.6 Å². The fourth-order valence-electron chi connectivity index (χ4n) is 2.67. The van der Waals surface area contributed by atoms with Gasteiger partial charge in [-0.2, -0.15) is 0 Å². The van der Waals surface area contributed by atoms with E-state index in [2.05, 4.69) is 0 Å². The van der Waals surface area contributed by atoms with Crippen molar-refractivity contribution in [1.29, 1.82) is 0 Å². The molecule has 0 saturated carbocycles. The summed E-state index contributed by atoms with van der Waals surface area (Å²) in [6.45, 7) is 0. The Morgan fingerprint density at radius 1 is 0.792 bits per heavy atom. The lowest BCUT2D eigenvalue weighted by Gasteiger charge is -2.31. The van der Waals surface area contributed by atoms with Gasteiger partial charge in [-0.25, -0.2) is 0 Å². The summed E-state index contributed by atoms with van der Waals surface area (Å²) >= 11 is 13.8. The summed E-state index contributed by atoms with van der Waals surface area (Å²) in [5, 5.41) is 1.20. The summed E-state index contributed by atoms with van der Waals surface area (Å²) < 4.78 is 0. The molecule has 0 aromatic heterocycles. The molecule has 0 unspecified atom stereocenters. The zero-order chi connectivity index (χ0) is 16.7. The van der Waals surface area contributed by atoms with Gasteiger partial charge in [0.15, 0.2) is 0 Å². The highest BCUT2D eigenvalue weighted by Crippen LogP contribution is 2.49. The molecule has 1 amide bonds. The summed E-state index contributed by atoms with van der Waals surface area (Å²) in [6, 6.07) is 20.4. The van der Waals surface area contributed by atoms with E-state index in [9.17, 15) is 4.79 Å². The molecule has 118 valence electrons. The first kappa shape index (κ1) is 15.6. The monoisotopic (exact) mass is 371 g/mol.